The lowest BCUT2D eigenvalue weighted by Gasteiger charge is -2.32. The van der Waals surface area contributed by atoms with E-state index in [-0.39, 0.29) is 0 Å². The highest BCUT2D eigenvalue weighted by atomic mass is 16.4. The van der Waals surface area contributed by atoms with E-state index >= 15 is 0 Å². The number of carboxylic acids is 1. The summed E-state index contributed by atoms with van der Waals surface area (Å²) in [4.78, 5) is 11.0. The first-order valence-electron chi connectivity index (χ1n) is 4.58. The van der Waals surface area contributed by atoms with Gasteiger partial charge in [0, 0.05) is 0 Å². The van der Waals surface area contributed by atoms with Gasteiger partial charge in [0.1, 0.15) is 0 Å². The molecule has 0 aromatic carbocycles. The summed E-state index contributed by atoms with van der Waals surface area (Å²) in [7, 11) is 0. The van der Waals surface area contributed by atoms with Gasteiger partial charge in [-0.25, -0.2) is 0 Å². The summed E-state index contributed by atoms with van der Waals surface area (Å²) >= 11 is 0. The van der Waals surface area contributed by atoms with E-state index in [1.54, 1.807) is 0 Å². The van der Waals surface area contributed by atoms with Crippen LogP contribution in [0.25, 0.3) is 0 Å². The molecule has 1 fully saturated rings. The first-order chi connectivity index (χ1) is 6.14. The predicted octanol–water partition coefficient (Wildman–Crippen LogP) is 1.87. The van der Waals surface area contributed by atoms with Crippen molar-refractivity contribution in [3.63, 3.8) is 0 Å². The van der Waals surface area contributed by atoms with Crippen molar-refractivity contribution in [2.45, 2.75) is 39.0 Å². The molecule has 13 heavy (non-hydrogen) atoms. The second kappa shape index (κ2) is 3.77. The van der Waals surface area contributed by atoms with Crippen LogP contribution in [0.15, 0.2) is 5.16 Å². The molecule has 0 saturated heterocycles. The van der Waals surface area contributed by atoms with E-state index in [0.717, 1.165) is 5.71 Å². The van der Waals surface area contributed by atoms with Crippen molar-refractivity contribution in [2.75, 3.05) is 0 Å². The number of rotatable bonds is 2. The standard InChI is InChI=1S/C9H15NO3/c1-2-9(8(11)12)5-3-7(10-13)4-6-9/h13H,2-6H2,1H3,(H,11,12). The minimum Gasteiger partial charge on any atom is -0.481 e. The highest BCUT2D eigenvalue weighted by molar-refractivity contribution is 5.87. The van der Waals surface area contributed by atoms with Crippen molar-refractivity contribution < 1.29 is 15.1 Å². The maximum atomic E-state index is 11.0. The van der Waals surface area contributed by atoms with E-state index < -0.39 is 11.4 Å². The Morgan fingerprint density at radius 2 is 2.08 bits per heavy atom. The molecular formula is C9H15NO3. The zero-order valence-electron chi connectivity index (χ0n) is 7.79. The van der Waals surface area contributed by atoms with Crippen LogP contribution in [0.4, 0.5) is 0 Å². The predicted molar refractivity (Wildman–Crippen MR) is 48.0 cm³/mol. The van der Waals surface area contributed by atoms with E-state index in [1.165, 1.54) is 0 Å². The number of carboxylic acid groups (broad SMARTS) is 1. The van der Waals surface area contributed by atoms with Gasteiger partial charge >= 0.3 is 5.97 Å². The van der Waals surface area contributed by atoms with Gasteiger partial charge in [0.15, 0.2) is 0 Å². The number of hydrogen-bond donors (Lipinski definition) is 2. The van der Waals surface area contributed by atoms with Gasteiger partial charge < -0.3 is 10.3 Å². The smallest absolute Gasteiger partial charge is 0.309 e. The highest BCUT2D eigenvalue weighted by Gasteiger charge is 2.39. The Balaban J connectivity index is 2.69. The minimum atomic E-state index is -0.716. The molecule has 0 radical (unpaired) electrons. The van der Waals surface area contributed by atoms with Gasteiger partial charge in [-0.3, -0.25) is 4.79 Å². The van der Waals surface area contributed by atoms with Crippen LogP contribution in [0, 0.1) is 5.41 Å². The van der Waals surface area contributed by atoms with Crippen LogP contribution in [0.5, 0.6) is 0 Å². The normalized spacial score (nSPS) is 28.5. The van der Waals surface area contributed by atoms with E-state index in [1.807, 2.05) is 6.92 Å². The third kappa shape index (κ3) is 1.82. The van der Waals surface area contributed by atoms with Crippen molar-refractivity contribution in [1.29, 1.82) is 0 Å². The van der Waals surface area contributed by atoms with Crippen molar-refractivity contribution in [3.05, 3.63) is 0 Å². The molecule has 74 valence electrons. The first kappa shape index (κ1) is 10.0. The third-order valence-electron chi connectivity index (χ3n) is 3.06. The Morgan fingerprint density at radius 3 is 2.38 bits per heavy atom. The van der Waals surface area contributed by atoms with Gasteiger partial charge in [-0.1, -0.05) is 12.1 Å². The summed E-state index contributed by atoms with van der Waals surface area (Å²) in [6.07, 6.45) is 3.06. The Hall–Kier alpha value is -1.06. The molecule has 0 bridgehead atoms. The number of hydrogen-bond acceptors (Lipinski definition) is 3. The Kier molecular flexibility index (Phi) is 2.90. The molecule has 0 aliphatic heterocycles. The van der Waals surface area contributed by atoms with E-state index in [4.69, 9.17) is 10.3 Å². The summed E-state index contributed by atoms with van der Waals surface area (Å²) in [5.74, 6) is -0.716. The average Bonchev–Trinajstić information content (AvgIpc) is 2.17. The number of oxime groups is 1. The monoisotopic (exact) mass is 185 g/mol. The van der Waals surface area contributed by atoms with Crippen LogP contribution < -0.4 is 0 Å². The molecule has 0 spiro atoms. The van der Waals surface area contributed by atoms with Crippen LogP contribution in [-0.2, 0) is 4.79 Å². The van der Waals surface area contributed by atoms with E-state index in [9.17, 15) is 4.79 Å². The number of nitrogens with zero attached hydrogens (tertiary/aromatic N) is 1. The molecule has 4 heteroatoms. The second-order valence-electron chi connectivity index (χ2n) is 3.61. The van der Waals surface area contributed by atoms with Crippen molar-refractivity contribution in [1.82, 2.24) is 0 Å². The number of carbonyl (C=O) groups is 1. The largest absolute Gasteiger partial charge is 0.481 e. The summed E-state index contributed by atoms with van der Waals surface area (Å²) in [6, 6.07) is 0. The third-order valence-corrected chi connectivity index (χ3v) is 3.06. The Labute approximate surface area is 77.3 Å². The quantitative estimate of drug-likeness (QED) is 0.509. The average molecular weight is 185 g/mol. The van der Waals surface area contributed by atoms with Gasteiger partial charge in [-0.2, -0.15) is 0 Å². The van der Waals surface area contributed by atoms with Crippen molar-refractivity contribution >= 4 is 11.7 Å². The highest BCUT2D eigenvalue weighted by Crippen LogP contribution is 2.38. The zero-order valence-corrected chi connectivity index (χ0v) is 7.79. The molecule has 1 saturated carbocycles. The number of aliphatic carboxylic acids is 1. The topological polar surface area (TPSA) is 69.9 Å². The molecule has 2 N–H and O–H groups in total. The van der Waals surface area contributed by atoms with Crippen LogP contribution >= 0.6 is 0 Å². The van der Waals surface area contributed by atoms with Crippen LogP contribution in [-0.4, -0.2) is 22.0 Å². The van der Waals surface area contributed by atoms with Gasteiger partial charge in [-0.05, 0) is 32.1 Å². The molecule has 4 nitrogen and oxygen atoms in total. The SMILES string of the molecule is CCC1(C(=O)O)CCC(=NO)CC1. The molecule has 0 heterocycles. The van der Waals surface area contributed by atoms with Gasteiger partial charge in [-0.15, -0.1) is 0 Å². The van der Waals surface area contributed by atoms with Crippen LogP contribution in [0.2, 0.25) is 0 Å². The van der Waals surface area contributed by atoms with E-state index in [0.29, 0.717) is 32.1 Å². The molecule has 1 aliphatic rings. The van der Waals surface area contributed by atoms with Crippen LogP contribution in [0.3, 0.4) is 0 Å². The molecule has 0 aromatic heterocycles. The van der Waals surface area contributed by atoms with Gasteiger partial charge in [0.05, 0.1) is 11.1 Å². The fraction of sp³-hybridized carbons (Fsp3) is 0.778. The summed E-state index contributed by atoms with van der Waals surface area (Å²) < 4.78 is 0. The molecule has 0 amide bonds. The lowest BCUT2D eigenvalue weighted by Crippen LogP contribution is -2.34. The Morgan fingerprint density at radius 1 is 1.54 bits per heavy atom. The molecule has 0 unspecified atom stereocenters. The summed E-state index contributed by atoms with van der Waals surface area (Å²) in [5.41, 5.74) is 0.152. The summed E-state index contributed by atoms with van der Waals surface area (Å²) in [6.45, 7) is 1.90. The van der Waals surface area contributed by atoms with Gasteiger partial charge in [0.25, 0.3) is 0 Å². The first-order valence-corrected chi connectivity index (χ1v) is 4.58. The minimum absolute atomic E-state index is 0.575. The van der Waals surface area contributed by atoms with Gasteiger partial charge in [0.2, 0.25) is 0 Å². The Bertz CT molecular complexity index is 225. The molecule has 1 rings (SSSR count). The van der Waals surface area contributed by atoms with E-state index in [2.05, 4.69) is 5.16 Å². The molecule has 0 atom stereocenters. The van der Waals surface area contributed by atoms with Crippen LogP contribution in [0.1, 0.15) is 39.0 Å². The summed E-state index contributed by atoms with van der Waals surface area (Å²) in [5, 5.41) is 20.7. The lowest BCUT2D eigenvalue weighted by atomic mass is 9.72. The molecule has 0 aromatic rings. The van der Waals surface area contributed by atoms with Crippen molar-refractivity contribution in [2.24, 2.45) is 10.6 Å². The fourth-order valence-corrected chi connectivity index (χ4v) is 1.84. The maximum absolute atomic E-state index is 11.0. The zero-order chi connectivity index (χ0) is 9.90. The second-order valence-corrected chi connectivity index (χ2v) is 3.61. The fourth-order valence-electron chi connectivity index (χ4n) is 1.84. The molecular weight excluding hydrogens is 170 g/mol. The maximum Gasteiger partial charge on any atom is 0.309 e. The molecule has 1 aliphatic carbocycles. The van der Waals surface area contributed by atoms with Crippen molar-refractivity contribution in [3.8, 4) is 0 Å². The lowest BCUT2D eigenvalue weighted by molar-refractivity contribution is -0.150.